The maximum atomic E-state index is 10.8. The largest absolute Gasteiger partial charge is 0.494 e. The molecule has 1 aliphatic heterocycles. The summed E-state index contributed by atoms with van der Waals surface area (Å²) in [5.41, 5.74) is 9.63. The minimum Gasteiger partial charge on any atom is -0.494 e. The van der Waals surface area contributed by atoms with E-state index in [-0.39, 0.29) is 11.2 Å². The van der Waals surface area contributed by atoms with Crippen LogP contribution in [0.5, 0.6) is 5.75 Å². The fraction of sp³-hybridized carbons (Fsp3) is 0.458. The first-order chi connectivity index (χ1) is 14.8. The molecule has 2 aromatic carbocycles. The van der Waals surface area contributed by atoms with E-state index in [0.29, 0.717) is 25.2 Å². The molecule has 1 aliphatic rings. The molecule has 0 saturated carbocycles. The van der Waals surface area contributed by atoms with Crippen molar-refractivity contribution in [2.24, 2.45) is 5.73 Å². The molecule has 6 nitrogen and oxygen atoms in total. The van der Waals surface area contributed by atoms with Crippen LogP contribution in [-0.4, -0.2) is 58.2 Å². The van der Waals surface area contributed by atoms with Crippen molar-refractivity contribution in [1.29, 1.82) is 0 Å². The number of aliphatic hydroxyl groups is 3. The molecule has 3 rings (SSSR count). The van der Waals surface area contributed by atoms with Crippen molar-refractivity contribution < 1.29 is 24.9 Å². The lowest BCUT2D eigenvalue weighted by Crippen LogP contribution is -2.47. The van der Waals surface area contributed by atoms with Crippen LogP contribution >= 0.6 is 10.9 Å². The molecule has 0 aromatic heterocycles. The van der Waals surface area contributed by atoms with Crippen LogP contribution in [0.4, 0.5) is 0 Å². The number of aryl methyl sites for hydroxylation is 1. The van der Waals surface area contributed by atoms with Crippen molar-refractivity contribution in [3.8, 4) is 5.75 Å². The van der Waals surface area contributed by atoms with Gasteiger partial charge in [0.15, 0.2) is 0 Å². The van der Waals surface area contributed by atoms with Gasteiger partial charge in [0.1, 0.15) is 11.9 Å². The zero-order valence-electron chi connectivity index (χ0n) is 18.1. The molecule has 0 bridgehead atoms. The van der Waals surface area contributed by atoms with E-state index < -0.39 is 29.2 Å². The van der Waals surface area contributed by atoms with Crippen molar-refractivity contribution in [2.45, 2.75) is 49.7 Å². The molecule has 2 aromatic rings. The van der Waals surface area contributed by atoms with Crippen molar-refractivity contribution in [3.63, 3.8) is 0 Å². The van der Waals surface area contributed by atoms with Gasteiger partial charge in [-0.25, -0.2) is 10.9 Å². The fourth-order valence-electron chi connectivity index (χ4n) is 4.07. The number of aliphatic hydroxyl groups excluding tert-OH is 3. The molecule has 1 unspecified atom stereocenters. The average molecular weight is 448 g/mol. The van der Waals surface area contributed by atoms with Crippen LogP contribution in [0.1, 0.15) is 40.3 Å². The van der Waals surface area contributed by atoms with Crippen LogP contribution < -0.4 is 10.5 Å². The van der Waals surface area contributed by atoms with E-state index in [1.807, 2.05) is 30.3 Å². The van der Waals surface area contributed by atoms with Gasteiger partial charge in [-0.1, -0.05) is 30.3 Å². The molecule has 5 N–H and O–H groups in total. The summed E-state index contributed by atoms with van der Waals surface area (Å²) >= 11 is 0. The predicted molar refractivity (Wildman–Crippen MR) is 125 cm³/mol. The minimum atomic E-state index is -1.11. The molecule has 1 amide bonds. The molecule has 31 heavy (non-hydrogen) atoms. The zero-order chi connectivity index (χ0) is 22.5. The van der Waals surface area contributed by atoms with E-state index in [2.05, 4.69) is 25.3 Å². The first-order valence-corrected chi connectivity index (χ1v) is 12.6. The molecule has 0 aliphatic carbocycles. The minimum absolute atomic E-state index is 0.149. The highest BCUT2D eigenvalue weighted by molar-refractivity contribution is 8.16. The Morgan fingerprint density at radius 2 is 1.84 bits per heavy atom. The summed E-state index contributed by atoms with van der Waals surface area (Å²) < 4.78 is 5.65. The van der Waals surface area contributed by atoms with Crippen molar-refractivity contribution in [3.05, 3.63) is 64.7 Å². The maximum absolute atomic E-state index is 10.8. The third-order valence-electron chi connectivity index (χ3n) is 5.89. The standard InChI is InChI=1S/C24H33NO5S/c1-15-5-8-17(24-23(29)22(28)20(26)14-31(24)2)13-18(15)12-16-6-9-19(10-7-16)30-11-3-4-21(25)27/h5-10,13,20,22-24,26,28-29,31H,3-4,11-12,14H2,1-2H3,(H2,25,27)/t20-,22-,23-,24+/m1/s1. The summed E-state index contributed by atoms with van der Waals surface area (Å²) in [7, 11) is -0.640. The number of hydrogen-bond acceptors (Lipinski definition) is 5. The molecule has 0 radical (unpaired) electrons. The first-order valence-electron chi connectivity index (χ1n) is 10.6. The summed E-state index contributed by atoms with van der Waals surface area (Å²) in [4.78, 5) is 10.8. The molecule has 170 valence electrons. The number of ether oxygens (including phenoxy) is 1. The first kappa shape index (κ1) is 23.6. The number of hydrogen-bond donors (Lipinski definition) is 5. The highest BCUT2D eigenvalue weighted by Gasteiger charge is 2.40. The van der Waals surface area contributed by atoms with Gasteiger partial charge < -0.3 is 25.8 Å². The van der Waals surface area contributed by atoms with Crippen LogP contribution in [0, 0.1) is 6.92 Å². The van der Waals surface area contributed by atoms with Crippen LogP contribution in [-0.2, 0) is 11.2 Å². The summed E-state index contributed by atoms with van der Waals surface area (Å²) in [6.45, 7) is 2.52. The van der Waals surface area contributed by atoms with E-state index in [4.69, 9.17) is 10.5 Å². The second kappa shape index (κ2) is 10.5. The van der Waals surface area contributed by atoms with Gasteiger partial charge in [-0.3, -0.25) is 4.79 Å². The Kier molecular flexibility index (Phi) is 8.00. The molecular formula is C24H33NO5S. The topological polar surface area (TPSA) is 113 Å². The number of thiol groups is 1. The predicted octanol–water partition coefficient (Wildman–Crippen LogP) is 2.00. The zero-order valence-corrected chi connectivity index (χ0v) is 19.0. The van der Waals surface area contributed by atoms with Gasteiger partial charge in [0.25, 0.3) is 0 Å². The highest BCUT2D eigenvalue weighted by Crippen LogP contribution is 2.48. The lowest BCUT2D eigenvalue weighted by atomic mass is 9.94. The Bertz CT molecular complexity index is 888. The number of rotatable bonds is 8. The van der Waals surface area contributed by atoms with E-state index in [9.17, 15) is 20.1 Å². The third kappa shape index (κ3) is 6.01. The molecule has 5 atom stereocenters. The Morgan fingerprint density at radius 3 is 2.52 bits per heavy atom. The van der Waals surface area contributed by atoms with Gasteiger partial charge >= 0.3 is 0 Å². The summed E-state index contributed by atoms with van der Waals surface area (Å²) in [6, 6.07) is 14.1. The van der Waals surface area contributed by atoms with Crippen LogP contribution in [0.2, 0.25) is 0 Å². The van der Waals surface area contributed by atoms with Gasteiger partial charge in [-0.2, -0.15) is 0 Å². The summed E-state index contributed by atoms with van der Waals surface area (Å²) in [6.07, 6.45) is 0.812. The molecular weight excluding hydrogens is 414 g/mol. The number of carbonyl (C=O) groups is 1. The number of carbonyl (C=O) groups excluding carboxylic acids is 1. The van der Waals surface area contributed by atoms with Gasteiger partial charge in [-0.05, 0) is 60.4 Å². The molecule has 7 heteroatoms. The van der Waals surface area contributed by atoms with Crippen LogP contribution in [0.25, 0.3) is 0 Å². The monoisotopic (exact) mass is 447 g/mol. The van der Waals surface area contributed by atoms with Gasteiger partial charge in [-0.15, -0.1) is 0 Å². The number of primary amides is 1. The second-order valence-electron chi connectivity index (χ2n) is 8.36. The number of nitrogens with two attached hydrogens (primary N) is 1. The van der Waals surface area contributed by atoms with E-state index in [1.165, 1.54) is 11.1 Å². The van der Waals surface area contributed by atoms with Crippen LogP contribution in [0.3, 0.4) is 0 Å². The Balaban J connectivity index is 1.69. The highest BCUT2D eigenvalue weighted by atomic mass is 32.2. The van der Waals surface area contributed by atoms with E-state index in [0.717, 1.165) is 23.3 Å². The van der Waals surface area contributed by atoms with Crippen LogP contribution in [0.15, 0.2) is 42.5 Å². The molecule has 1 heterocycles. The fourth-order valence-corrected chi connectivity index (χ4v) is 6.47. The van der Waals surface area contributed by atoms with Crippen molar-refractivity contribution in [1.82, 2.24) is 0 Å². The maximum Gasteiger partial charge on any atom is 0.217 e. The second-order valence-corrected chi connectivity index (χ2v) is 10.8. The van der Waals surface area contributed by atoms with Gasteiger partial charge in [0.05, 0.1) is 18.8 Å². The van der Waals surface area contributed by atoms with Crippen molar-refractivity contribution in [2.75, 3.05) is 18.6 Å². The van der Waals surface area contributed by atoms with E-state index in [1.54, 1.807) is 0 Å². The van der Waals surface area contributed by atoms with Gasteiger partial charge in [0.2, 0.25) is 5.91 Å². The number of amides is 1. The smallest absolute Gasteiger partial charge is 0.217 e. The Hall–Kier alpha value is -2.06. The Labute approximate surface area is 186 Å². The summed E-state index contributed by atoms with van der Waals surface area (Å²) in [5.74, 6) is 0.967. The van der Waals surface area contributed by atoms with Gasteiger partial charge in [0, 0.05) is 17.4 Å². The average Bonchev–Trinajstić information content (AvgIpc) is 2.73. The quantitative estimate of drug-likeness (QED) is 0.314. The molecule has 1 saturated heterocycles. The summed E-state index contributed by atoms with van der Waals surface area (Å²) in [5, 5.41) is 30.6. The normalized spacial score (nSPS) is 27.1. The SMILES string of the molecule is Cc1ccc([C@H]2[C@H](O)[C@H](O)[C@H](O)C[SH]2C)cc1Cc1ccc(OCCCC(N)=O)cc1. The number of benzene rings is 2. The Morgan fingerprint density at radius 1 is 1.13 bits per heavy atom. The van der Waals surface area contributed by atoms with Crippen molar-refractivity contribution >= 4 is 16.8 Å². The lowest BCUT2D eigenvalue weighted by molar-refractivity contribution is -0.118. The molecule has 0 spiro atoms. The molecule has 1 fully saturated rings. The van der Waals surface area contributed by atoms with E-state index >= 15 is 0 Å². The lowest BCUT2D eigenvalue weighted by Gasteiger charge is -2.42. The third-order valence-corrected chi connectivity index (χ3v) is 8.39.